The molecule has 1 N–H and O–H groups in total. The van der Waals surface area contributed by atoms with E-state index in [9.17, 15) is 4.79 Å². The Kier molecular flexibility index (Phi) is 13.0. The maximum absolute atomic E-state index is 11.7. The molecule has 0 bridgehead atoms. The number of hydrogen-bond acceptors (Lipinski definition) is 1. The predicted molar refractivity (Wildman–Crippen MR) is 70.5 cm³/mol. The first-order valence-corrected chi connectivity index (χ1v) is 6.32. The van der Waals surface area contributed by atoms with Crippen LogP contribution < -0.4 is 51.4 Å². The molecule has 0 fully saturated rings. The maximum atomic E-state index is 11.7. The summed E-state index contributed by atoms with van der Waals surface area (Å²) in [5, 5.41) is 0. The largest absolute Gasteiger partial charge is 1.00 e. The minimum absolute atomic E-state index is 0. The molecule has 0 aromatic heterocycles. The summed E-state index contributed by atoms with van der Waals surface area (Å²) in [6.07, 6.45) is 8.16. The molecule has 0 aliphatic carbocycles. The van der Waals surface area contributed by atoms with E-state index in [1.54, 1.807) is 6.92 Å². The zero-order chi connectivity index (χ0) is 12.6. The molecule has 0 saturated carbocycles. The van der Waals surface area contributed by atoms with Gasteiger partial charge in [-0.05, 0) is 12.8 Å². The van der Waals surface area contributed by atoms with Crippen molar-refractivity contribution < 1.29 is 56.2 Å². The van der Waals surface area contributed by atoms with Crippen molar-refractivity contribution in [2.45, 2.75) is 64.8 Å². The van der Waals surface area contributed by atoms with Crippen molar-refractivity contribution in [3.63, 3.8) is 0 Å². The van der Waals surface area contributed by atoms with E-state index in [1.165, 1.54) is 12.8 Å². The van der Waals surface area contributed by atoms with Gasteiger partial charge in [-0.15, -0.1) is 6.58 Å². The summed E-state index contributed by atoms with van der Waals surface area (Å²) in [7, 11) is 0. The summed E-state index contributed by atoms with van der Waals surface area (Å²) in [5.74, 6) is 0.0434. The number of Topliss-reactive ketones (excluding diaryl/α,β-unsaturated/α-hetero) is 1. The van der Waals surface area contributed by atoms with Crippen LogP contribution in [0.4, 0.5) is 0 Å². The molecule has 0 saturated heterocycles. The van der Waals surface area contributed by atoms with Crippen LogP contribution in [-0.4, -0.2) is 11.3 Å². The molecule has 1 atom stereocenters. The molecular weight excluding hydrogens is 237 g/mol. The normalized spacial score (nSPS) is 13.9. The van der Waals surface area contributed by atoms with Crippen molar-refractivity contribution in [1.29, 1.82) is 0 Å². The Labute approximate surface area is 149 Å². The molecule has 0 aromatic rings. The second kappa shape index (κ2) is 10.9. The molecule has 17 heavy (non-hydrogen) atoms. The fraction of sp³-hybridized carbons (Fsp3) is 0.786. The molecule has 0 aliphatic rings. The SMILES string of the molecule is C=CCCCCCC[C@@](C)([NH-])C(=O)C(C)C.[K+]. The van der Waals surface area contributed by atoms with Crippen molar-refractivity contribution in [1.82, 2.24) is 0 Å². The molecule has 0 heterocycles. The van der Waals surface area contributed by atoms with Crippen LogP contribution in [0.3, 0.4) is 0 Å². The number of hydrogen-bond donors (Lipinski definition) is 0. The zero-order valence-corrected chi connectivity index (χ0v) is 15.1. The average molecular weight is 263 g/mol. The molecule has 0 spiro atoms. The van der Waals surface area contributed by atoms with Crippen molar-refractivity contribution in [2.24, 2.45) is 5.92 Å². The van der Waals surface area contributed by atoms with Gasteiger partial charge in [-0.25, -0.2) is 0 Å². The fourth-order valence-electron chi connectivity index (χ4n) is 1.88. The van der Waals surface area contributed by atoms with Gasteiger partial charge in [0.15, 0.2) is 0 Å². The minimum Gasteiger partial charge on any atom is -0.666 e. The Hall–Kier alpha value is 1.01. The van der Waals surface area contributed by atoms with Gasteiger partial charge in [0.05, 0.1) is 0 Å². The standard InChI is InChI=1S/C14H26NO.K/c1-5-6-7-8-9-10-11-14(4,15)13(16)12(2)3;/h5,12,15H,1,6-11H2,2-4H3;/q-1;+1/t14-;/m1./s1. The molecule has 0 amide bonds. The second-order valence-corrected chi connectivity index (χ2v) is 5.09. The topological polar surface area (TPSA) is 40.9 Å². The van der Waals surface area contributed by atoms with Crippen LogP contribution in [0.2, 0.25) is 0 Å². The Morgan fingerprint density at radius 2 is 1.82 bits per heavy atom. The maximum Gasteiger partial charge on any atom is 1.00 e. The van der Waals surface area contributed by atoms with E-state index < -0.39 is 5.54 Å². The van der Waals surface area contributed by atoms with Gasteiger partial charge < -0.3 is 10.5 Å². The molecule has 0 aromatic carbocycles. The molecule has 94 valence electrons. The molecular formula is C14H26KNO. The van der Waals surface area contributed by atoms with Crippen LogP contribution in [0, 0.1) is 5.92 Å². The Bertz CT molecular complexity index is 224. The van der Waals surface area contributed by atoms with Gasteiger partial charge in [-0.2, -0.15) is 0 Å². The molecule has 2 nitrogen and oxygen atoms in total. The predicted octanol–water partition coefficient (Wildman–Crippen LogP) is 1.55. The summed E-state index contributed by atoms with van der Waals surface area (Å²) in [6.45, 7) is 9.18. The quantitative estimate of drug-likeness (QED) is 0.353. The molecule has 0 rings (SSSR count). The van der Waals surface area contributed by atoms with Crippen molar-refractivity contribution >= 4 is 5.78 Å². The molecule has 0 radical (unpaired) electrons. The number of allylic oxidation sites excluding steroid dienone is 1. The zero-order valence-electron chi connectivity index (χ0n) is 12.0. The van der Waals surface area contributed by atoms with Crippen LogP contribution in [-0.2, 0) is 4.79 Å². The van der Waals surface area contributed by atoms with Crippen LogP contribution >= 0.6 is 0 Å². The van der Waals surface area contributed by atoms with E-state index in [4.69, 9.17) is 5.73 Å². The Morgan fingerprint density at radius 3 is 2.29 bits per heavy atom. The van der Waals surface area contributed by atoms with Gasteiger partial charge >= 0.3 is 51.4 Å². The number of rotatable bonds is 9. The van der Waals surface area contributed by atoms with E-state index in [1.807, 2.05) is 19.9 Å². The smallest absolute Gasteiger partial charge is 0.666 e. The van der Waals surface area contributed by atoms with Crippen molar-refractivity contribution in [3.05, 3.63) is 18.4 Å². The van der Waals surface area contributed by atoms with E-state index in [0.29, 0.717) is 6.42 Å². The molecule has 0 unspecified atom stereocenters. The Balaban J connectivity index is 0. The second-order valence-electron chi connectivity index (χ2n) is 5.09. The number of ketones is 1. The van der Waals surface area contributed by atoms with Gasteiger partial charge in [0.1, 0.15) is 5.78 Å². The van der Waals surface area contributed by atoms with Gasteiger partial charge in [0, 0.05) is 5.92 Å². The summed E-state index contributed by atoms with van der Waals surface area (Å²) in [4.78, 5) is 11.7. The molecule has 3 heteroatoms. The third-order valence-corrected chi connectivity index (χ3v) is 2.90. The van der Waals surface area contributed by atoms with Gasteiger partial charge in [0.25, 0.3) is 0 Å². The van der Waals surface area contributed by atoms with Gasteiger partial charge in [0.2, 0.25) is 0 Å². The molecule has 0 aliphatic heterocycles. The number of unbranched alkanes of at least 4 members (excludes halogenated alkanes) is 4. The van der Waals surface area contributed by atoms with Crippen molar-refractivity contribution in [3.8, 4) is 0 Å². The van der Waals surface area contributed by atoms with Crippen molar-refractivity contribution in [2.75, 3.05) is 0 Å². The summed E-state index contributed by atoms with van der Waals surface area (Å²) >= 11 is 0. The monoisotopic (exact) mass is 263 g/mol. The van der Waals surface area contributed by atoms with Crippen LogP contribution in [0.25, 0.3) is 5.73 Å². The van der Waals surface area contributed by atoms with E-state index in [-0.39, 0.29) is 63.1 Å². The van der Waals surface area contributed by atoms with Gasteiger partial charge in [-0.1, -0.05) is 58.1 Å². The summed E-state index contributed by atoms with van der Waals surface area (Å²) in [5.41, 5.74) is 7.13. The summed E-state index contributed by atoms with van der Waals surface area (Å²) < 4.78 is 0. The first kappa shape index (κ1) is 20.3. The van der Waals surface area contributed by atoms with Gasteiger partial charge in [-0.3, -0.25) is 0 Å². The number of carbonyl (C=O) groups is 1. The van der Waals surface area contributed by atoms with Crippen LogP contribution in [0.15, 0.2) is 12.7 Å². The first-order valence-electron chi connectivity index (χ1n) is 6.32. The Morgan fingerprint density at radius 1 is 1.29 bits per heavy atom. The first-order chi connectivity index (χ1) is 7.41. The van der Waals surface area contributed by atoms with Crippen LogP contribution in [0.1, 0.15) is 59.3 Å². The minimum atomic E-state index is -0.882. The number of nitrogens with one attached hydrogen (secondary N) is 1. The van der Waals surface area contributed by atoms with E-state index in [0.717, 1.165) is 19.3 Å². The number of carbonyl (C=O) groups excluding carboxylic acids is 1. The van der Waals surface area contributed by atoms with E-state index >= 15 is 0 Å². The third kappa shape index (κ3) is 9.57. The third-order valence-electron chi connectivity index (χ3n) is 2.90. The summed E-state index contributed by atoms with van der Waals surface area (Å²) in [6, 6.07) is 0. The fourth-order valence-corrected chi connectivity index (χ4v) is 1.88. The van der Waals surface area contributed by atoms with Crippen LogP contribution in [0.5, 0.6) is 0 Å². The average Bonchev–Trinajstić information content (AvgIpc) is 2.22. The van der Waals surface area contributed by atoms with E-state index in [2.05, 4.69) is 6.58 Å².